The van der Waals surface area contributed by atoms with Crippen molar-refractivity contribution in [1.29, 1.82) is 0 Å². The second-order valence-corrected chi connectivity index (χ2v) is 19.2. The molecule has 0 radical (unpaired) electrons. The van der Waals surface area contributed by atoms with Crippen LogP contribution in [0.3, 0.4) is 0 Å². The summed E-state index contributed by atoms with van der Waals surface area (Å²) in [7, 11) is 0. The van der Waals surface area contributed by atoms with E-state index in [2.05, 4.69) is 199 Å². The van der Waals surface area contributed by atoms with Crippen molar-refractivity contribution < 1.29 is 0 Å². The predicted molar refractivity (Wildman–Crippen MR) is 239 cm³/mol. The van der Waals surface area contributed by atoms with E-state index in [-0.39, 0.29) is 21.9 Å². The summed E-state index contributed by atoms with van der Waals surface area (Å²) >= 11 is 0. The first-order valence-electron chi connectivity index (χ1n) is 20.8. The van der Waals surface area contributed by atoms with Crippen LogP contribution in [0.15, 0.2) is 121 Å². The van der Waals surface area contributed by atoms with E-state index < -0.39 is 0 Å². The Morgan fingerprint density at radius 1 is 0.411 bits per heavy atom. The molecule has 6 aromatic rings. The Morgan fingerprint density at radius 2 is 0.768 bits per heavy atom. The van der Waals surface area contributed by atoms with Gasteiger partial charge >= 0.3 is 0 Å². The molecule has 2 aliphatic carbocycles. The summed E-state index contributed by atoms with van der Waals surface area (Å²) in [6, 6.07) is 46.5. The first kappa shape index (κ1) is 35.1. The zero-order chi connectivity index (χ0) is 38.8. The highest BCUT2D eigenvalue weighted by atomic mass is 15.2. The minimum Gasteiger partial charge on any atom is -0.336 e. The van der Waals surface area contributed by atoms with Gasteiger partial charge in [0.05, 0.1) is 0 Å². The first-order valence-corrected chi connectivity index (χ1v) is 20.8. The topological polar surface area (TPSA) is 6.48 Å². The second kappa shape index (κ2) is 12.1. The molecule has 0 bridgehead atoms. The van der Waals surface area contributed by atoms with Crippen molar-refractivity contribution >= 4 is 34.9 Å². The van der Waals surface area contributed by atoms with Gasteiger partial charge in [0.2, 0.25) is 0 Å². The number of anilines is 4. The predicted octanol–water partition coefficient (Wildman–Crippen LogP) is 14.2. The Bertz CT molecular complexity index is 2430. The van der Waals surface area contributed by atoms with Crippen molar-refractivity contribution in [3.05, 3.63) is 166 Å². The average molecular weight is 731 g/mol. The molecule has 10 rings (SSSR count). The van der Waals surface area contributed by atoms with Gasteiger partial charge in [-0.3, -0.25) is 0 Å². The van der Waals surface area contributed by atoms with Gasteiger partial charge in [0.1, 0.15) is 0 Å². The van der Waals surface area contributed by atoms with Crippen LogP contribution in [0.2, 0.25) is 0 Å². The summed E-state index contributed by atoms with van der Waals surface area (Å²) in [5.74, 6) is 0. The van der Waals surface area contributed by atoms with Gasteiger partial charge in [-0.1, -0.05) is 125 Å². The van der Waals surface area contributed by atoms with E-state index in [1.54, 1.807) is 0 Å². The summed E-state index contributed by atoms with van der Waals surface area (Å²) in [6.45, 7) is 19.2. The lowest BCUT2D eigenvalue weighted by molar-refractivity contribution is 0.447. The Labute approximate surface area is 334 Å². The normalized spacial score (nSPS) is 18.9. The standard InChI is InChI=1S/C54H54N2/c1-51(2)29-27-37-13-9-11-15-49(37)55(51)39-21-25-43-41-23-19-35(31-45(41)53(5,6)47(43)33-39)17-18-36-20-24-42-44-26-22-40(34-48(44)54(7,8)46(42)32-36)56-50-16-12-10-14-38(50)28-30-52(56,3)4/h9-26,31-34H,27-30H2,1-8H3/b18-17+. The van der Waals surface area contributed by atoms with E-state index in [1.807, 2.05) is 0 Å². The molecule has 56 heavy (non-hydrogen) atoms. The average Bonchev–Trinajstić information content (AvgIpc) is 3.54. The van der Waals surface area contributed by atoms with Crippen LogP contribution >= 0.6 is 0 Å². The maximum atomic E-state index is 2.59. The Kier molecular flexibility index (Phi) is 7.57. The zero-order valence-corrected chi connectivity index (χ0v) is 34.4. The van der Waals surface area contributed by atoms with Crippen LogP contribution in [0.25, 0.3) is 34.4 Å². The van der Waals surface area contributed by atoms with Crippen LogP contribution < -0.4 is 9.80 Å². The van der Waals surface area contributed by atoms with E-state index in [0.29, 0.717) is 0 Å². The van der Waals surface area contributed by atoms with Crippen molar-refractivity contribution in [3.63, 3.8) is 0 Å². The number of aryl methyl sites for hydroxylation is 2. The molecular formula is C54H54N2. The van der Waals surface area contributed by atoms with Crippen molar-refractivity contribution in [1.82, 2.24) is 0 Å². The highest BCUT2D eigenvalue weighted by Gasteiger charge is 2.40. The molecule has 0 amide bonds. The van der Waals surface area contributed by atoms with Crippen LogP contribution in [0.4, 0.5) is 22.7 Å². The molecule has 2 heteroatoms. The molecule has 0 atom stereocenters. The summed E-state index contributed by atoms with van der Waals surface area (Å²) in [6.07, 6.45) is 9.16. The Morgan fingerprint density at radius 3 is 1.18 bits per heavy atom. The van der Waals surface area contributed by atoms with Gasteiger partial charge in [0.25, 0.3) is 0 Å². The van der Waals surface area contributed by atoms with Gasteiger partial charge in [0.15, 0.2) is 0 Å². The third-order valence-corrected chi connectivity index (χ3v) is 14.0. The fraction of sp³-hybridized carbons (Fsp3) is 0.296. The van der Waals surface area contributed by atoms with Gasteiger partial charge in [0, 0.05) is 44.7 Å². The number of hydrogen-bond acceptors (Lipinski definition) is 2. The number of nitrogens with zero attached hydrogens (tertiary/aromatic N) is 2. The summed E-state index contributed by atoms with van der Waals surface area (Å²) < 4.78 is 0. The molecule has 2 aliphatic heterocycles. The Hall–Kier alpha value is -5.34. The molecule has 2 nitrogen and oxygen atoms in total. The van der Waals surface area contributed by atoms with Crippen LogP contribution in [0, 0.1) is 0 Å². The molecule has 0 unspecified atom stereocenters. The molecule has 0 spiro atoms. The number of hydrogen-bond donors (Lipinski definition) is 0. The molecule has 0 aromatic heterocycles. The van der Waals surface area contributed by atoms with E-state index in [9.17, 15) is 0 Å². The van der Waals surface area contributed by atoms with Gasteiger partial charge in [-0.15, -0.1) is 0 Å². The molecule has 280 valence electrons. The highest BCUT2D eigenvalue weighted by molar-refractivity contribution is 5.88. The van der Waals surface area contributed by atoms with Gasteiger partial charge in [-0.25, -0.2) is 0 Å². The quantitative estimate of drug-likeness (QED) is 0.167. The first-order chi connectivity index (χ1) is 26.7. The molecule has 0 saturated carbocycles. The van der Waals surface area contributed by atoms with Crippen LogP contribution in [0.1, 0.15) is 113 Å². The smallest absolute Gasteiger partial charge is 0.0448 e. The van der Waals surface area contributed by atoms with Crippen molar-refractivity contribution in [2.75, 3.05) is 9.80 Å². The van der Waals surface area contributed by atoms with E-state index in [0.717, 1.165) is 25.7 Å². The minimum atomic E-state index is -0.0995. The van der Waals surface area contributed by atoms with Crippen LogP contribution in [0.5, 0.6) is 0 Å². The summed E-state index contributed by atoms with van der Waals surface area (Å²) in [5.41, 5.74) is 21.7. The van der Waals surface area contributed by atoms with Crippen LogP contribution in [-0.2, 0) is 23.7 Å². The summed E-state index contributed by atoms with van der Waals surface area (Å²) in [5, 5.41) is 0. The molecule has 0 saturated heterocycles. The maximum Gasteiger partial charge on any atom is 0.0448 e. The summed E-state index contributed by atoms with van der Waals surface area (Å²) in [4.78, 5) is 5.17. The fourth-order valence-electron chi connectivity index (χ4n) is 10.8. The highest BCUT2D eigenvalue weighted by Crippen LogP contribution is 2.54. The number of fused-ring (bicyclic) bond motifs is 8. The van der Waals surface area contributed by atoms with Crippen molar-refractivity contribution in [2.45, 2.75) is 103 Å². The lowest BCUT2D eigenvalue weighted by Crippen LogP contribution is -2.44. The number of benzene rings is 6. The van der Waals surface area contributed by atoms with Crippen molar-refractivity contribution in [2.24, 2.45) is 0 Å². The van der Waals surface area contributed by atoms with Crippen LogP contribution in [-0.4, -0.2) is 11.1 Å². The van der Waals surface area contributed by atoms with Crippen molar-refractivity contribution in [3.8, 4) is 22.3 Å². The van der Waals surface area contributed by atoms with Gasteiger partial charge < -0.3 is 9.80 Å². The second-order valence-electron chi connectivity index (χ2n) is 19.2. The molecule has 2 heterocycles. The largest absolute Gasteiger partial charge is 0.336 e. The van der Waals surface area contributed by atoms with E-state index in [4.69, 9.17) is 0 Å². The molecule has 4 aliphatic rings. The molecule has 0 fully saturated rings. The van der Waals surface area contributed by atoms with Gasteiger partial charge in [-0.05, 0) is 157 Å². The zero-order valence-electron chi connectivity index (χ0n) is 34.4. The SMILES string of the molecule is CC1(C)c2cc(/C=C/c3ccc4c(c3)C(C)(C)c3cc(N5c6ccccc6CCC5(C)C)ccc3-4)ccc2-c2ccc(N3c4ccccc4CCC3(C)C)cc21. The molecule has 6 aromatic carbocycles. The number of para-hydroxylation sites is 2. The van der Waals surface area contributed by atoms with E-state index in [1.165, 1.54) is 89.5 Å². The van der Waals surface area contributed by atoms with E-state index >= 15 is 0 Å². The monoisotopic (exact) mass is 730 g/mol. The minimum absolute atomic E-state index is 0.0475. The lowest BCUT2D eigenvalue weighted by atomic mass is 9.81. The Balaban J connectivity index is 0.939. The fourth-order valence-corrected chi connectivity index (χ4v) is 10.8. The molecule has 0 N–H and O–H groups in total. The molecular weight excluding hydrogens is 677 g/mol. The third-order valence-electron chi connectivity index (χ3n) is 14.0. The maximum absolute atomic E-state index is 2.59. The number of rotatable bonds is 4. The van der Waals surface area contributed by atoms with Gasteiger partial charge in [-0.2, -0.15) is 0 Å². The lowest BCUT2D eigenvalue weighted by Gasteiger charge is -2.45. The third kappa shape index (κ3) is 5.21.